The third-order valence-electron chi connectivity index (χ3n) is 4.87. The molecule has 1 aromatic rings. The molecule has 0 radical (unpaired) electrons. The zero-order valence-electron chi connectivity index (χ0n) is 11.6. The first-order valence-electron chi connectivity index (χ1n) is 6.38. The Morgan fingerprint density at radius 3 is 2.26 bits per heavy atom. The highest BCUT2D eigenvalue weighted by atomic mass is 32.2. The minimum Gasteiger partial charge on any atom is -0.263 e. The lowest BCUT2D eigenvalue weighted by Crippen LogP contribution is -2.23. The van der Waals surface area contributed by atoms with Gasteiger partial charge in [-0.3, -0.25) is 9.71 Å². The number of nitrogens with one attached hydrogen (secondary N) is 1. The molecule has 4 nitrogen and oxygen atoms in total. The molecule has 0 bridgehead atoms. The van der Waals surface area contributed by atoms with Gasteiger partial charge in [-0.25, -0.2) is 8.42 Å². The van der Waals surface area contributed by atoms with Gasteiger partial charge in [0.25, 0.3) is 10.0 Å². The lowest BCUT2D eigenvalue weighted by Gasteiger charge is -2.02. The summed E-state index contributed by atoms with van der Waals surface area (Å²) in [7, 11) is -3.43. The minimum atomic E-state index is -3.43. The van der Waals surface area contributed by atoms with Crippen molar-refractivity contribution in [2.45, 2.75) is 38.6 Å². The second-order valence-corrected chi connectivity index (χ2v) is 8.08. The Kier molecular flexibility index (Phi) is 2.26. The number of hydrogen-bond acceptors (Lipinski definition) is 3. The summed E-state index contributed by atoms with van der Waals surface area (Å²) in [4.78, 5) is 4.98. The molecule has 1 aliphatic heterocycles. The molecule has 1 fully saturated rings. The van der Waals surface area contributed by atoms with Gasteiger partial charge in [0.2, 0.25) is 0 Å². The van der Waals surface area contributed by atoms with Crippen molar-refractivity contribution in [1.29, 1.82) is 0 Å². The van der Waals surface area contributed by atoms with Gasteiger partial charge in [0.1, 0.15) is 5.84 Å². The van der Waals surface area contributed by atoms with E-state index < -0.39 is 10.0 Å². The van der Waals surface area contributed by atoms with Crippen molar-refractivity contribution in [3.05, 3.63) is 29.8 Å². The molecule has 2 aliphatic rings. The van der Waals surface area contributed by atoms with Crippen LogP contribution in [0.4, 0.5) is 0 Å². The molecule has 0 amide bonds. The van der Waals surface area contributed by atoms with E-state index in [4.69, 9.17) is 0 Å². The van der Waals surface area contributed by atoms with Crippen molar-refractivity contribution in [3.8, 4) is 0 Å². The summed E-state index contributed by atoms with van der Waals surface area (Å²) in [6.07, 6.45) is 0. The molecule has 1 aromatic carbocycles. The van der Waals surface area contributed by atoms with Crippen LogP contribution < -0.4 is 4.72 Å². The van der Waals surface area contributed by atoms with E-state index in [-0.39, 0.29) is 16.9 Å². The fourth-order valence-electron chi connectivity index (χ4n) is 2.84. The molecule has 1 heterocycles. The largest absolute Gasteiger partial charge is 0.263 e. The highest BCUT2D eigenvalue weighted by Crippen LogP contribution is 2.64. The fraction of sp³-hybridized carbons (Fsp3) is 0.500. The van der Waals surface area contributed by atoms with E-state index in [1.165, 1.54) is 0 Å². The van der Waals surface area contributed by atoms with E-state index in [0.717, 1.165) is 0 Å². The van der Waals surface area contributed by atoms with Gasteiger partial charge in [0.15, 0.2) is 0 Å². The van der Waals surface area contributed by atoms with Crippen LogP contribution in [0, 0.1) is 10.8 Å². The average molecular weight is 278 g/mol. The topological polar surface area (TPSA) is 58.5 Å². The average Bonchev–Trinajstić information content (AvgIpc) is 2.60. The van der Waals surface area contributed by atoms with E-state index in [1.807, 2.05) is 6.07 Å². The highest BCUT2D eigenvalue weighted by Gasteiger charge is 2.65. The summed E-state index contributed by atoms with van der Waals surface area (Å²) in [6.45, 7) is 8.66. The van der Waals surface area contributed by atoms with Gasteiger partial charge in [0, 0.05) is 5.56 Å². The number of fused-ring (bicyclic) bond motifs is 1. The summed E-state index contributed by atoms with van der Waals surface area (Å²) in [5.41, 5.74) is 0.882. The van der Waals surface area contributed by atoms with E-state index in [0.29, 0.717) is 16.3 Å². The summed E-state index contributed by atoms with van der Waals surface area (Å²) < 4.78 is 26.6. The molecule has 0 unspecified atom stereocenters. The lowest BCUT2D eigenvalue weighted by atomic mass is 10.0. The van der Waals surface area contributed by atoms with Crippen LogP contribution in [-0.4, -0.2) is 20.3 Å². The molecule has 0 saturated heterocycles. The number of amidine groups is 1. The highest BCUT2D eigenvalue weighted by molar-refractivity contribution is 7.90. The van der Waals surface area contributed by atoms with Gasteiger partial charge in [-0.1, -0.05) is 39.8 Å². The van der Waals surface area contributed by atoms with Crippen LogP contribution in [0.25, 0.3) is 0 Å². The Morgan fingerprint density at radius 1 is 1.11 bits per heavy atom. The molecule has 0 aromatic heterocycles. The van der Waals surface area contributed by atoms with Crippen molar-refractivity contribution in [3.63, 3.8) is 0 Å². The molecule has 5 heteroatoms. The first kappa shape index (κ1) is 12.7. The predicted octanol–water partition coefficient (Wildman–Crippen LogP) is 2.16. The van der Waals surface area contributed by atoms with E-state index >= 15 is 0 Å². The smallest absolute Gasteiger partial charge is 0.263 e. The zero-order valence-corrected chi connectivity index (χ0v) is 12.4. The minimum absolute atomic E-state index is 0.100. The quantitative estimate of drug-likeness (QED) is 0.855. The molecule has 3 rings (SSSR count). The van der Waals surface area contributed by atoms with Crippen LogP contribution in [0.3, 0.4) is 0 Å². The Balaban J connectivity index is 2.07. The molecule has 1 N–H and O–H groups in total. The van der Waals surface area contributed by atoms with Crippen molar-refractivity contribution in [2.24, 2.45) is 15.8 Å². The number of rotatable bonds is 1. The molecule has 1 aliphatic carbocycles. The van der Waals surface area contributed by atoms with Crippen LogP contribution in [0.15, 0.2) is 34.2 Å². The summed E-state index contributed by atoms with van der Waals surface area (Å²) >= 11 is 0. The predicted molar refractivity (Wildman–Crippen MR) is 74.7 cm³/mol. The Labute approximate surface area is 114 Å². The maximum Gasteiger partial charge on any atom is 0.263 e. The van der Waals surface area contributed by atoms with Crippen LogP contribution in [0.5, 0.6) is 0 Å². The van der Waals surface area contributed by atoms with Gasteiger partial charge in [0.05, 0.1) is 10.9 Å². The van der Waals surface area contributed by atoms with Gasteiger partial charge in [-0.2, -0.15) is 0 Å². The third-order valence-corrected chi connectivity index (χ3v) is 6.26. The Hall–Kier alpha value is -1.36. The molecular formula is C14H18N2O2S. The first-order chi connectivity index (χ1) is 8.68. The maximum absolute atomic E-state index is 12.0. The molecule has 102 valence electrons. The normalized spacial score (nSPS) is 27.9. The molecule has 19 heavy (non-hydrogen) atoms. The van der Waals surface area contributed by atoms with E-state index in [9.17, 15) is 8.42 Å². The van der Waals surface area contributed by atoms with Gasteiger partial charge < -0.3 is 0 Å². The summed E-state index contributed by atoms with van der Waals surface area (Å²) in [5, 5.41) is 0. The summed E-state index contributed by atoms with van der Waals surface area (Å²) in [5.74, 6) is 0.485. The monoisotopic (exact) mass is 278 g/mol. The number of aliphatic imine (C=N–C) groups is 1. The van der Waals surface area contributed by atoms with E-state index in [1.54, 1.807) is 18.2 Å². The maximum atomic E-state index is 12.0. The van der Waals surface area contributed by atoms with E-state index in [2.05, 4.69) is 37.4 Å². The van der Waals surface area contributed by atoms with Crippen LogP contribution in [-0.2, 0) is 10.0 Å². The van der Waals surface area contributed by atoms with Crippen molar-refractivity contribution < 1.29 is 8.42 Å². The van der Waals surface area contributed by atoms with Crippen LogP contribution in [0.2, 0.25) is 0 Å². The number of benzene rings is 1. The summed E-state index contributed by atoms with van der Waals surface area (Å²) in [6, 6.07) is 7.12. The number of nitrogens with zero attached hydrogens (tertiary/aromatic N) is 1. The van der Waals surface area contributed by atoms with Crippen molar-refractivity contribution >= 4 is 15.9 Å². The molecule has 1 saturated carbocycles. The SMILES string of the molecule is CC1(C)C(N=C2NS(=O)(=O)c3ccccc32)C1(C)C. The Bertz CT molecular complexity index is 673. The van der Waals surface area contributed by atoms with Crippen molar-refractivity contribution in [2.75, 3.05) is 0 Å². The van der Waals surface area contributed by atoms with Gasteiger partial charge >= 0.3 is 0 Å². The van der Waals surface area contributed by atoms with Gasteiger partial charge in [-0.15, -0.1) is 0 Å². The number of hydrogen-bond donors (Lipinski definition) is 1. The second kappa shape index (κ2) is 3.39. The molecular weight excluding hydrogens is 260 g/mol. The van der Waals surface area contributed by atoms with Crippen LogP contribution >= 0.6 is 0 Å². The van der Waals surface area contributed by atoms with Gasteiger partial charge in [-0.05, 0) is 23.0 Å². The first-order valence-corrected chi connectivity index (χ1v) is 7.86. The van der Waals surface area contributed by atoms with Crippen LogP contribution in [0.1, 0.15) is 33.3 Å². The fourth-order valence-corrected chi connectivity index (χ4v) is 4.08. The molecule has 0 atom stereocenters. The standard InChI is InChI=1S/C14H18N2O2S/c1-13(2)12(14(13,3)4)15-11-9-7-5-6-8-10(9)19(17,18)16-11/h5-8,12H,1-4H3,(H,15,16). The number of sulfonamides is 1. The second-order valence-electron chi connectivity index (χ2n) is 6.43. The Morgan fingerprint density at radius 2 is 1.68 bits per heavy atom. The van der Waals surface area contributed by atoms with Crippen molar-refractivity contribution in [1.82, 2.24) is 4.72 Å². The third kappa shape index (κ3) is 1.57. The lowest BCUT2D eigenvalue weighted by molar-refractivity contribution is 0.457. The molecule has 0 spiro atoms. The zero-order chi connectivity index (χ0) is 14.1.